The van der Waals surface area contributed by atoms with Crippen molar-refractivity contribution in [2.45, 2.75) is 50.4 Å². The second-order valence-corrected chi connectivity index (χ2v) is 6.05. The van der Waals surface area contributed by atoms with Crippen molar-refractivity contribution in [1.82, 2.24) is 0 Å². The van der Waals surface area contributed by atoms with Crippen LogP contribution >= 0.6 is 0 Å². The van der Waals surface area contributed by atoms with Gasteiger partial charge in [-0.15, -0.1) is 0 Å². The highest BCUT2D eigenvalue weighted by Gasteiger charge is 2.57. The molecule has 2 fully saturated rings. The molecule has 0 aliphatic carbocycles. The van der Waals surface area contributed by atoms with Crippen molar-refractivity contribution >= 4 is 5.97 Å². The Balaban J connectivity index is 1.54. The van der Waals surface area contributed by atoms with Gasteiger partial charge < -0.3 is 24.1 Å². The van der Waals surface area contributed by atoms with Gasteiger partial charge in [-0.2, -0.15) is 0 Å². The molecule has 0 amide bonds. The lowest BCUT2D eigenvalue weighted by Crippen LogP contribution is -2.41. The monoisotopic (exact) mass is 326 g/mol. The molecule has 1 N–H and O–H groups in total. The van der Waals surface area contributed by atoms with Crippen molar-refractivity contribution in [3.63, 3.8) is 0 Å². The van der Waals surface area contributed by atoms with Gasteiger partial charge in [0.1, 0.15) is 24.9 Å². The molecule has 6 nitrogen and oxygen atoms in total. The van der Waals surface area contributed by atoms with E-state index in [0.717, 1.165) is 0 Å². The Morgan fingerprint density at radius 3 is 2.70 bits per heavy atom. The highest BCUT2D eigenvalue weighted by Crippen LogP contribution is 2.39. The minimum atomic E-state index is -1.56. The molecule has 0 bridgehead atoms. The predicted octanol–water partition coefficient (Wildman–Crippen LogP) is 1.42. The Kier molecular flexibility index (Phi) is 4.37. The molecule has 0 aromatic heterocycles. The van der Waals surface area contributed by atoms with Crippen molar-refractivity contribution in [1.29, 1.82) is 0 Å². The Morgan fingerprint density at radius 2 is 2.04 bits per heavy atom. The minimum Gasteiger partial charge on any atom is -0.459 e. The molecule has 2 aliphatic rings. The topological polar surface area (TPSA) is 74.2 Å². The molecule has 0 unspecified atom stereocenters. The highest BCUT2D eigenvalue weighted by atomic mass is 19.1. The number of hydrogen-bond donors (Lipinski definition) is 1. The number of halogens is 1. The lowest BCUT2D eigenvalue weighted by Gasteiger charge is -2.24. The summed E-state index contributed by atoms with van der Waals surface area (Å²) >= 11 is 0. The van der Waals surface area contributed by atoms with Crippen molar-refractivity contribution < 1.29 is 33.2 Å². The molecule has 0 radical (unpaired) electrons. The van der Waals surface area contributed by atoms with Crippen LogP contribution in [-0.2, 0) is 18.9 Å². The SMILES string of the molecule is CC1(C)O[C@H]2O[C@@H]([C@H](O)COC(=O)c3ccccc3)[C@@H](F)[C@@H]2O1. The second kappa shape index (κ2) is 6.16. The zero-order chi connectivity index (χ0) is 16.6. The molecule has 0 saturated carbocycles. The molecular weight excluding hydrogens is 307 g/mol. The van der Waals surface area contributed by atoms with Crippen LogP contribution in [0.25, 0.3) is 0 Å². The number of carbonyl (C=O) groups is 1. The highest BCUT2D eigenvalue weighted by molar-refractivity contribution is 5.89. The number of carbonyl (C=O) groups excluding carboxylic acids is 1. The van der Waals surface area contributed by atoms with Crippen LogP contribution in [0.1, 0.15) is 24.2 Å². The summed E-state index contributed by atoms with van der Waals surface area (Å²) in [5.74, 6) is -1.51. The van der Waals surface area contributed by atoms with Gasteiger partial charge in [-0.3, -0.25) is 0 Å². The molecule has 5 atom stereocenters. The van der Waals surface area contributed by atoms with E-state index < -0.39 is 42.5 Å². The first-order valence-electron chi connectivity index (χ1n) is 7.43. The third-order valence-electron chi connectivity index (χ3n) is 3.78. The Labute approximate surface area is 133 Å². The van der Waals surface area contributed by atoms with Gasteiger partial charge in [0.2, 0.25) is 0 Å². The number of rotatable bonds is 4. The van der Waals surface area contributed by atoms with Gasteiger partial charge >= 0.3 is 5.97 Å². The van der Waals surface area contributed by atoms with E-state index in [2.05, 4.69) is 0 Å². The Morgan fingerprint density at radius 1 is 1.35 bits per heavy atom. The first-order valence-corrected chi connectivity index (χ1v) is 7.43. The van der Waals surface area contributed by atoms with Gasteiger partial charge in [-0.1, -0.05) is 18.2 Å². The van der Waals surface area contributed by atoms with Crippen LogP contribution in [0.5, 0.6) is 0 Å². The average molecular weight is 326 g/mol. The normalized spacial score (nSPS) is 33.2. The van der Waals surface area contributed by atoms with Gasteiger partial charge in [0.05, 0.1) is 5.56 Å². The fraction of sp³-hybridized carbons (Fsp3) is 0.562. The molecule has 2 aliphatic heterocycles. The van der Waals surface area contributed by atoms with E-state index in [-0.39, 0.29) is 6.61 Å². The summed E-state index contributed by atoms with van der Waals surface area (Å²) < 4.78 is 35.6. The summed E-state index contributed by atoms with van der Waals surface area (Å²) in [4.78, 5) is 11.8. The molecular formula is C16H19FO6. The molecule has 7 heteroatoms. The Hall–Kier alpha value is -1.54. The third-order valence-corrected chi connectivity index (χ3v) is 3.78. The van der Waals surface area contributed by atoms with E-state index in [1.807, 2.05) is 0 Å². The van der Waals surface area contributed by atoms with Gasteiger partial charge in [-0.25, -0.2) is 9.18 Å². The zero-order valence-corrected chi connectivity index (χ0v) is 12.8. The van der Waals surface area contributed by atoms with Crippen molar-refractivity contribution in [3.05, 3.63) is 35.9 Å². The number of benzene rings is 1. The number of hydrogen-bond acceptors (Lipinski definition) is 6. The molecule has 1 aromatic rings. The van der Waals surface area contributed by atoms with Crippen LogP contribution in [0.4, 0.5) is 4.39 Å². The smallest absolute Gasteiger partial charge is 0.338 e. The molecule has 1 aromatic carbocycles. The van der Waals surface area contributed by atoms with E-state index in [0.29, 0.717) is 5.56 Å². The molecule has 0 spiro atoms. The summed E-state index contributed by atoms with van der Waals surface area (Å²) in [6.07, 6.45) is -5.80. The summed E-state index contributed by atoms with van der Waals surface area (Å²) in [6, 6.07) is 8.34. The minimum absolute atomic E-state index is 0.356. The summed E-state index contributed by atoms with van der Waals surface area (Å²) in [5.41, 5.74) is 0.356. The number of aliphatic hydroxyl groups is 1. The predicted molar refractivity (Wildman–Crippen MR) is 76.3 cm³/mol. The van der Waals surface area contributed by atoms with E-state index in [4.69, 9.17) is 18.9 Å². The van der Waals surface area contributed by atoms with Crippen LogP contribution in [0, 0.1) is 0 Å². The summed E-state index contributed by atoms with van der Waals surface area (Å²) in [6.45, 7) is 2.95. The molecule has 2 saturated heterocycles. The standard InChI is InChI=1S/C16H19FO6/c1-16(2)22-13-11(17)12(21-15(13)23-16)10(18)8-20-14(19)9-6-4-3-5-7-9/h3-7,10-13,15,18H,8H2,1-2H3/t10-,11-,12+,13+,15-/m1/s1. The third kappa shape index (κ3) is 3.37. The molecule has 2 heterocycles. The van der Waals surface area contributed by atoms with Crippen LogP contribution in [0.3, 0.4) is 0 Å². The average Bonchev–Trinajstić information content (AvgIpc) is 2.99. The number of fused-ring (bicyclic) bond motifs is 1. The zero-order valence-electron chi connectivity index (χ0n) is 12.8. The molecule has 126 valence electrons. The van der Waals surface area contributed by atoms with Crippen LogP contribution in [0.15, 0.2) is 30.3 Å². The molecule has 23 heavy (non-hydrogen) atoms. The van der Waals surface area contributed by atoms with Crippen LogP contribution in [-0.4, -0.2) is 54.2 Å². The number of esters is 1. The first-order chi connectivity index (χ1) is 10.9. The van der Waals surface area contributed by atoms with Crippen molar-refractivity contribution in [2.75, 3.05) is 6.61 Å². The van der Waals surface area contributed by atoms with Gasteiger partial charge in [-0.05, 0) is 26.0 Å². The lowest BCUT2D eigenvalue weighted by molar-refractivity contribution is -0.222. The number of ether oxygens (including phenoxy) is 4. The fourth-order valence-corrected chi connectivity index (χ4v) is 2.71. The quantitative estimate of drug-likeness (QED) is 0.844. The lowest BCUT2D eigenvalue weighted by atomic mass is 10.1. The van der Waals surface area contributed by atoms with Crippen LogP contribution < -0.4 is 0 Å². The van der Waals surface area contributed by atoms with E-state index in [9.17, 15) is 14.3 Å². The van der Waals surface area contributed by atoms with E-state index in [1.54, 1.807) is 44.2 Å². The maximum absolute atomic E-state index is 14.4. The van der Waals surface area contributed by atoms with Crippen molar-refractivity contribution in [2.24, 2.45) is 0 Å². The fourth-order valence-electron chi connectivity index (χ4n) is 2.71. The summed E-state index contributed by atoms with van der Waals surface area (Å²) in [5, 5.41) is 10.0. The van der Waals surface area contributed by atoms with Crippen LogP contribution in [0.2, 0.25) is 0 Å². The van der Waals surface area contributed by atoms with E-state index in [1.165, 1.54) is 0 Å². The maximum Gasteiger partial charge on any atom is 0.338 e. The van der Waals surface area contributed by atoms with Gasteiger partial charge in [0.25, 0.3) is 0 Å². The summed E-state index contributed by atoms with van der Waals surface area (Å²) in [7, 11) is 0. The van der Waals surface area contributed by atoms with Gasteiger partial charge in [0.15, 0.2) is 18.2 Å². The number of aliphatic hydroxyl groups excluding tert-OH is 1. The van der Waals surface area contributed by atoms with Crippen molar-refractivity contribution in [3.8, 4) is 0 Å². The van der Waals surface area contributed by atoms with E-state index >= 15 is 0 Å². The van der Waals surface area contributed by atoms with Gasteiger partial charge in [0, 0.05) is 0 Å². The second-order valence-electron chi connectivity index (χ2n) is 6.05. The number of alkyl halides is 1. The largest absolute Gasteiger partial charge is 0.459 e. The maximum atomic E-state index is 14.4. The first kappa shape index (κ1) is 16.3. The Bertz CT molecular complexity index is 563. The molecule has 3 rings (SSSR count).